The first-order chi connectivity index (χ1) is 11.1. The molecule has 3 aromatic rings. The van der Waals surface area contributed by atoms with Gasteiger partial charge in [-0.15, -0.1) is 0 Å². The first kappa shape index (κ1) is 14.8. The molecule has 5 nitrogen and oxygen atoms in total. The molecule has 0 radical (unpaired) electrons. The highest BCUT2D eigenvalue weighted by Crippen LogP contribution is 2.18. The van der Waals surface area contributed by atoms with Gasteiger partial charge in [-0.25, -0.2) is 14.6 Å². The minimum absolute atomic E-state index is 0.236. The van der Waals surface area contributed by atoms with Gasteiger partial charge in [-0.3, -0.25) is 0 Å². The van der Waals surface area contributed by atoms with Gasteiger partial charge >= 0.3 is 6.03 Å². The first-order valence-corrected chi connectivity index (χ1v) is 7.04. The highest BCUT2D eigenvalue weighted by molar-refractivity contribution is 5.89. The van der Waals surface area contributed by atoms with E-state index >= 15 is 0 Å². The van der Waals surface area contributed by atoms with Crippen LogP contribution in [0.2, 0.25) is 0 Å². The van der Waals surface area contributed by atoms with E-state index in [1.165, 1.54) is 18.3 Å². The summed E-state index contributed by atoms with van der Waals surface area (Å²) in [4.78, 5) is 10.6. The number of amides is 2. The zero-order chi connectivity index (χ0) is 16.2. The zero-order valence-electron chi connectivity index (χ0n) is 12.2. The molecule has 0 spiro atoms. The summed E-state index contributed by atoms with van der Waals surface area (Å²) in [5.74, 6) is -0.236. The molecule has 0 aliphatic carbocycles. The van der Waals surface area contributed by atoms with Crippen molar-refractivity contribution in [1.82, 2.24) is 9.99 Å². The van der Waals surface area contributed by atoms with Crippen molar-refractivity contribution < 1.29 is 9.18 Å². The molecule has 0 saturated carbocycles. The minimum atomic E-state index is -0.701. The molecule has 0 bridgehead atoms. The Morgan fingerprint density at radius 1 is 1.22 bits per heavy atom. The lowest BCUT2D eigenvalue weighted by Crippen LogP contribution is -2.24. The first-order valence-electron chi connectivity index (χ1n) is 7.04. The summed E-state index contributed by atoms with van der Waals surface area (Å²) >= 11 is 0. The maximum absolute atomic E-state index is 13.0. The molecular weight excluding hydrogens is 295 g/mol. The van der Waals surface area contributed by atoms with E-state index in [1.54, 1.807) is 12.1 Å². The quantitative estimate of drug-likeness (QED) is 0.564. The van der Waals surface area contributed by atoms with Gasteiger partial charge < -0.3 is 10.3 Å². The van der Waals surface area contributed by atoms with Gasteiger partial charge in [0.05, 0.1) is 6.21 Å². The van der Waals surface area contributed by atoms with Gasteiger partial charge in [-0.05, 0) is 41.5 Å². The number of aromatic nitrogens is 1. The van der Waals surface area contributed by atoms with E-state index in [-0.39, 0.29) is 5.82 Å². The lowest BCUT2D eigenvalue weighted by Gasteiger charge is -2.06. The molecule has 0 fully saturated rings. The van der Waals surface area contributed by atoms with Crippen LogP contribution in [0, 0.1) is 5.82 Å². The van der Waals surface area contributed by atoms with E-state index in [0.29, 0.717) is 6.54 Å². The Balaban J connectivity index is 1.82. The fourth-order valence-corrected chi connectivity index (χ4v) is 2.39. The molecule has 116 valence electrons. The molecule has 0 aliphatic heterocycles. The number of nitrogens with two attached hydrogens (primary N) is 1. The largest absolute Gasteiger partial charge is 0.350 e. The Kier molecular flexibility index (Phi) is 4.05. The van der Waals surface area contributed by atoms with Crippen molar-refractivity contribution in [2.24, 2.45) is 10.8 Å². The third kappa shape index (κ3) is 3.55. The third-order valence-electron chi connectivity index (χ3n) is 3.45. The number of urea groups is 1. The minimum Gasteiger partial charge on any atom is -0.350 e. The molecule has 0 unspecified atom stereocenters. The predicted octanol–water partition coefficient (Wildman–Crippen LogP) is 2.83. The van der Waals surface area contributed by atoms with Crippen LogP contribution in [0.4, 0.5) is 9.18 Å². The zero-order valence-corrected chi connectivity index (χ0v) is 12.2. The molecule has 2 aromatic carbocycles. The van der Waals surface area contributed by atoms with Gasteiger partial charge in [0.25, 0.3) is 0 Å². The summed E-state index contributed by atoms with van der Waals surface area (Å²) in [5, 5.41) is 4.79. The number of carbonyl (C=O) groups excluding carboxylic acids is 1. The molecule has 1 heterocycles. The molecule has 2 amide bonds. The average molecular weight is 310 g/mol. The summed E-state index contributed by atoms with van der Waals surface area (Å²) in [6, 6.07) is 13.6. The van der Waals surface area contributed by atoms with Crippen LogP contribution in [0.5, 0.6) is 0 Å². The number of hydrogen-bond acceptors (Lipinski definition) is 2. The van der Waals surface area contributed by atoms with Crippen LogP contribution < -0.4 is 11.2 Å². The second-order valence-corrected chi connectivity index (χ2v) is 5.12. The molecular formula is C17H15FN4O. The fraction of sp³-hybridized carbons (Fsp3) is 0.0588. The van der Waals surface area contributed by atoms with Crippen molar-refractivity contribution >= 4 is 23.1 Å². The van der Waals surface area contributed by atoms with Crippen molar-refractivity contribution in [1.29, 1.82) is 0 Å². The van der Waals surface area contributed by atoms with E-state index in [0.717, 1.165) is 22.0 Å². The number of rotatable bonds is 4. The highest BCUT2D eigenvalue weighted by atomic mass is 19.1. The Hall–Kier alpha value is -3.15. The molecule has 3 N–H and O–H groups in total. The summed E-state index contributed by atoms with van der Waals surface area (Å²) in [6.45, 7) is 0.667. The topological polar surface area (TPSA) is 72.4 Å². The van der Waals surface area contributed by atoms with Crippen LogP contribution in [0.25, 0.3) is 10.9 Å². The monoisotopic (exact) mass is 310 g/mol. The Morgan fingerprint density at radius 2 is 2.00 bits per heavy atom. The van der Waals surface area contributed by atoms with Gasteiger partial charge in [0, 0.05) is 23.6 Å². The van der Waals surface area contributed by atoms with Crippen LogP contribution >= 0.6 is 0 Å². The highest BCUT2D eigenvalue weighted by Gasteiger charge is 2.03. The standard InChI is InChI=1S/C17H15FN4O/c18-15-4-1-12(2-5-15)11-22-8-7-14-9-13(3-6-16(14)22)10-20-21-17(19)23/h1-10H,11H2,(H3,19,21,23). The number of nitrogens with zero attached hydrogens (tertiary/aromatic N) is 2. The van der Waals surface area contributed by atoms with Crippen LogP contribution in [0.3, 0.4) is 0 Å². The van der Waals surface area contributed by atoms with Crippen molar-refractivity contribution in [2.75, 3.05) is 0 Å². The Bertz CT molecular complexity index is 868. The van der Waals surface area contributed by atoms with Crippen molar-refractivity contribution in [2.45, 2.75) is 6.54 Å². The molecule has 0 atom stereocenters. The smallest absolute Gasteiger partial charge is 0.332 e. The molecule has 1 aromatic heterocycles. The van der Waals surface area contributed by atoms with E-state index < -0.39 is 6.03 Å². The second kappa shape index (κ2) is 6.31. The third-order valence-corrected chi connectivity index (χ3v) is 3.45. The number of fused-ring (bicyclic) bond motifs is 1. The normalized spacial score (nSPS) is 11.2. The number of nitrogens with one attached hydrogen (secondary N) is 1. The summed E-state index contributed by atoms with van der Waals surface area (Å²) in [7, 11) is 0. The molecule has 23 heavy (non-hydrogen) atoms. The molecule has 0 aliphatic rings. The van der Waals surface area contributed by atoms with E-state index in [1.807, 2.05) is 30.5 Å². The van der Waals surface area contributed by atoms with Crippen molar-refractivity contribution in [3.8, 4) is 0 Å². The predicted molar refractivity (Wildman–Crippen MR) is 87.8 cm³/mol. The Labute approximate surface area is 132 Å². The number of hydrazone groups is 1. The Morgan fingerprint density at radius 3 is 2.74 bits per heavy atom. The van der Waals surface area contributed by atoms with Crippen molar-refractivity contribution in [3.05, 3.63) is 71.7 Å². The summed E-state index contributed by atoms with van der Waals surface area (Å²) in [5.41, 5.74) is 10.0. The van der Waals surface area contributed by atoms with Gasteiger partial charge in [-0.1, -0.05) is 18.2 Å². The number of benzene rings is 2. The maximum atomic E-state index is 13.0. The van der Waals surface area contributed by atoms with Gasteiger partial charge in [0.2, 0.25) is 0 Å². The van der Waals surface area contributed by atoms with Gasteiger partial charge in [0.15, 0.2) is 0 Å². The molecule has 3 rings (SSSR count). The van der Waals surface area contributed by atoms with E-state index in [4.69, 9.17) is 5.73 Å². The molecule has 0 saturated heterocycles. The van der Waals surface area contributed by atoms with Crippen LogP contribution in [-0.4, -0.2) is 16.8 Å². The SMILES string of the molecule is NC(=O)NN=Cc1ccc2c(ccn2Cc2ccc(F)cc2)c1. The lowest BCUT2D eigenvalue weighted by atomic mass is 10.1. The lowest BCUT2D eigenvalue weighted by molar-refractivity contribution is 0.249. The van der Waals surface area contributed by atoms with E-state index in [9.17, 15) is 9.18 Å². The number of halogens is 1. The number of hydrogen-bond donors (Lipinski definition) is 2. The summed E-state index contributed by atoms with van der Waals surface area (Å²) in [6.07, 6.45) is 3.51. The molecule has 6 heteroatoms. The summed E-state index contributed by atoms with van der Waals surface area (Å²) < 4.78 is 15.0. The maximum Gasteiger partial charge on any atom is 0.332 e. The fourth-order valence-electron chi connectivity index (χ4n) is 2.39. The second-order valence-electron chi connectivity index (χ2n) is 5.12. The average Bonchev–Trinajstić information content (AvgIpc) is 2.92. The van der Waals surface area contributed by atoms with Crippen LogP contribution in [-0.2, 0) is 6.54 Å². The van der Waals surface area contributed by atoms with Gasteiger partial charge in [0.1, 0.15) is 5.82 Å². The van der Waals surface area contributed by atoms with Crippen LogP contribution in [0.15, 0.2) is 59.8 Å². The van der Waals surface area contributed by atoms with E-state index in [2.05, 4.69) is 15.1 Å². The van der Waals surface area contributed by atoms with Crippen molar-refractivity contribution in [3.63, 3.8) is 0 Å². The van der Waals surface area contributed by atoms with Crippen LogP contribution in [0.1, 0.15) is 11.1 Å². The number of primary amides is 1. The van der Waals surface area contributed by atoms with Gasteiger partial charge in [-0.2, -0.15) is 5.10 Å². The number of carbonyl (C=O) groups is 1.